The van der Waals surface area contributed by atoms with E-state index in [4.69, 9.17) is 0 Å². The quantitative estimate of drug-likeness (QED) is 0.251. The molecular weight excluding hydrogens is 542 g/mol. The van der Waals surface area contributed by atoms with Crippen LogP contribution in [0.15, 0.2) is 35.7 Å². The molecule has 0 radical (unpaired) electrons. The third-order valence-electron chi connectivity index (χ3n) is 6.57. The van der Waals surface area contributed by atoms with E-state index in [-0.39, 0.29) is 23.5 Å². The highest BCUT2D eigenvalue weighted by Gasteiger charge is 2.27. The predicted molar refractivity (Wildman–Crippen MR) is 151 cm³/mol. The lowest BCUT2D eigenvalue weighted by Gasteiger charge is -2.27. The molecule has 0 saturated carbocycles. The van der Waals surface area contributed by atoms with Crippen LogP contribution in [0.25, 0.3) is 11.6 Å². The summed E-state index contributed by atoms with van der Waals surface area (Å²) in [6.45, 7) is 10.3. The van der Waals surface area contributed by atoms with E-state index in [0.29, 0.717) is 17.1 Å². The van der Waals surface area contributed by atoms with Crippen LogP contribution < -0.4 is 14.9 Å². The monoisotopic (exact) mass is 572 g/mol. The van der Waals surface area contributed by atoms with Crippen molar-refractivity contribution in [1.29, 1.82) is 0 Å². The molecule has 1 aromatic carbocycles. The molecule has 4 rings (SSSR count). The van der Waals surface area contributed by atoms with Gasteiger partial charge in [0.2, 0.25) is 11.7 Å². The Balaban J connectivity index is 1.68. The van der Waals surface area contributed by atoms with Crippen LogP contribution in [-0.4, -0.2) is 79.9 Å². The molecule has 3 aromatic rings. The number of H-pyrrole nitrogens is 1. The number of hydrogen-bond acceptors (Lipinski definition) is 8. The number of aromatic amines is 1. The Morgan fingerprint density at radius 3 is 2.55 bits per heavy atom. The van der Waals surface area contributed by atoms with Crippen LogP contribution in [-0.2, 0) is 10.2 Å². The molecule has 1 saturated heterocycles. The van der Waals surface area contributed by atoms with Crippen LogP contribution in [0.3, 0.4) is 0 Å². The van der Waals surface area contributed by atoms with Gasteiger partial charge in [-0.05, 0) is 37.4 Å². The van der Waals surface area contributed by atoms with E-state index in [1.807, 2.05) is 0 Å². The number of rotatable bonds is 10. The Hall–Kier alpha value is -4.01. The van der Waals surface area contributed by atoms with Crippen molar-refractivity contribution in [3.8, 4) is 0 Å². The van der Waals surface area contributed by atoms with Crippen molar-refractivity contribution in [3.63, 3.8) is 0 Å². The zero-order valence-corrected chi connectivity index (χ0v) is 23.1. The summed E-state index contributed by atoms with van der Waals surface area (Å²) in [5, 5.41) is 3.27. The zero-order chi connectivity index (χ0) is 29.0. The van der Waals surface area contributed by atoms with Crippen molar-refractivity contribution in [2.45, 2.75) is 13.8 Å². The smallest absolute Gasteiger partial charge is 0.301 e. The summed E-state index contributed by atoms with van der Waals surface area (Å²) in [6.07, 6.45) is 6.22. The maximum absolute atomic E-state index is 15.4. The number of benzene rings is 1. The van der Waals surface area contributed by atoms with Crippen molar-refractivity contribution in [3.05, 3.63) is 64.6 Å². The van der Waals surface area contributed by atoms with Gasteiger partial charge in [0.15, 0.2) is 5.82 Å². The number of carbonyl (C=O) groups excluding carboxylic acids is 1. The molecule has 1 aliphatic rings. The van der Waals surface area contributed by atoms with Crippen LogP contribution in [0.2, 0.25) is 0 Å². The fourth-order valence-electron chi connectivity index (χ4n) is 4.10. The lowest BCUT2D eigenvalue weighted by molar-refractivity contribution is 0.103. The number of allylic oxidation sites excluding steroid dienone is 1. The van der Waals surface area contributed by atoms with Crippen LogP contribution in [0.1, 0.15) is 40.9 Å². The Labute approximate surface area is 231 Å². The van der Waals surface area contributed by atoms with E-state index >= 15 is 4.39 Å². The standard InChI is InChI=1S/C26H30F2N8O3S/c1-5-35(4)40(38,39)34-21-7-6-20(27)22(23(21)28)24(37)19-15-31-25(29-3)18(19)12-16(2)17-13-32-26(33-14-17)36-10-8-30-9-11-36/h6-7,12-15,30-31,34H,3,5,8-11H2,1-2,4H3/b16-12+. The van der Waals surface area contributed by atoms with Crippen molar-refractivity contribution < 1.29 is 22.0 Å². The molecule has 3 N–H and O–H groups in total. The van der Waals surface area contributed by atoms with Gasteiger partial charge in [-0.3, -0.25) is 9.52 Å². The Kier molecular flexibility index (Phi) is 8.71. The number of hydrogen-bond donors (Lipinski definition) is 3. The number of aliphatic imine (C=N–C) groups is 1. The van der Waals surface area contributed by atoms with Crippen molar-refractivity contribution in [2.75, 3.05) is 49.4 Å². The average molecular weight is 573 g/mol. The summed E-state index contributed by atoms with van der Waals surface area (Å²) in [6, 6.07) is 1.75. The first-order valence-corrected chi connectivity index (χ1v) is 13.9. The van der Waals surface area contributed by atoms with Gasteiger partial charge in [0.05, 0.1) is 11.3 Å². The Morgan fingerprint density at radius 1 is 1.25 bits per heavy atom. The second kappa shape index (κ2) is 12.0. The van der Waals surface area contributed by atoms with Crippen LogP contribution in [0.5, 0.6) is 0 Å². The van der Waals surface area contributed by atoms with Gasteiger partial charge >= 0.3 is 10.2 Å². The first-order valence-electron chi connectivity index (χ1n) is 12.5. The lowest BCUT2D eigenvalue weighted by atomic mass is 9.98. The average Bonchev–Trinajstić information content (AvgIpc) is 3.36. The first kappa shape index (κ1) is 29.0. The number of nitrogens with zero attached hydrogens (tertiary/aromatic N) is 5. The molecule has 2 aromatic heterocycles. The molecule has 0 aliphatic carbocycles. The van der Waals surface area contributed by atoms with Gasteiger partial charge in [0.1, 0.15) is 11.6 Å². The molecule has 3 heterocycles. The van der Waals surface area contributed by atoms with Gasteiger partial charge < -0.3 is 15.2 Å². The highest BCUT2D eigenvalue weighted by Crippen LogP contribution is 2.31. The van der Waals surface area contributed by atoms with E-state index < -0.39 is 38.9 Å². The maximum atomic E-state index is 15.4. The minimum atomic E-state index is -4.12. The number of anilines is 2. The van der Waals surface area contributed by atoms with Gasteiger partial charge in [0, 0.05) is 75.1 Å². The third-order valence-corrected chi connectivity index (χ3v) is 8.12. The second-order valence-corrected chi connectivity index (χ2v) is 10.9. The maximum Gasteiger partial charge on any atom is 0.301 e. The molecule has 0 bridgehead atoms. The number of piperazine rings is 1. The van der Waals surface area contributed by atoms with Crippen molar-refractivity contribution in [2.24, 2.45) is 4.99 Å². The zero-order valence-electron chi connectivity index (χ0n) is 22.3. The Morgan fingerprint density at radius 2 is 1.93 bits per heavy atom. The SMILES string of the molecule is C=Nc1[nH]cc(C(=O)c2c(F)ccc(NS(=O)(=O)N(C)CC)c2F)c1/C=C(\C)c1cnc(N2CCNCC2)nc1. The fraction of sp³-hybridized carbons (Fsp3) is 0.308. The van der Waals surface area contributed by atoms with Crippen LogP contribution in [0, 0.1) is 11.6 Å². The molecular formula is C26H30F2N8O3S. The minimum Gasteiger partial charge on any atom is -0.345 e. The van der Waals surface area contributed by atoms with E-state index in [1.54, 1.807) is 32.3 Å². The van der Waals surface area contributed by atoms with Crippen LogP contribution >= 0.6 is 0 Å². The van der Waals surface area contributed by atoms with E-state index in [1.165, 1.54) is 13.2 Å². The summed E-state index contributed by atoms with van der Waals surface area (Å²) in [4.78, 5) is 31.1. The fourth-order valence-corrected chi connectivity index (χ4v) is 5.03. The molecule has 212 valence electrons. The number of nitrogens with one attached hydrogen (secondary N) is 3. The largest absolute Gasteiger partial charge is 0.345 e. The van der Waals surface area contributed by atoms with Crippen molar-refractivity contribution >= 4 is 51.8 Å². The Bertz CT molecular complexity index is 1550. The molecule has 11 nitrogen and oxygen atoms in total. The second-order valence-electron chi connectivity index (χ2n) is 9.09. The molecule has 14 heteroatoms. The normalized spacial score (nSPS) is 14.4. The number of ketones is 1. The third kappa shape index (κ3) is 5.93. The van der Waals surface area contributed by atoms with Crippen molar-refractivity contribution in [1.82, 2.24) is 24.6 Å². The highest BCUT2D eigenvalue weighted by atomic mass is 32.2. The summed E-state index contributed by atoms with van der Waals surface area (Å²) in [7, 11) is -2.82. The van der Waals surface area contributed by atoms with Gasteiger partial charge in [-0.2, -0.15) is 12.7 Å². The molecule has 0 amide bonds. The first-order chi connectivity index (χ1) is 19.1. The minimum absolute atomic E-state index is 0.0800. The number of halogens is 2. The molecule has 0 atom stereocenters. The molecule has 0 spiro atoms. The summed E-state index contributed by atoms with van der Waals surface area (Å²) in [5.41, 5.74) is 0.0307. The van der Waals surface area contributed by atoms with Crippen LogP contribution in [0.4, 0.5) is 26.2 Å². The predicted octanol–water partition coefficient (Wildman–Crippen LogP) is 3.22. The molecule has 1 fully saturated rings. The van der Waals surface area contributed by atoms with E-state index in [9.17, 15) is 17.6 Å². The van der Waals surface area contributed by atoms with Gasteiger partial charge in [-0.25, -0.2) is 23.7 Å². The van der Waals surface area contributed by atoms with Gasteiger partial charge in [-0.1, -0.05) is 6.92 Å². The molecule has 0 unspecified atom stereocenters. The van der Waals surface area contributed by atoms with E-state index in [0.717, 1.165) is 42.6 Å². The van der Waals surface area contributed by atoms with Gasteiger partial charge in [-0.15, -0.1) is 0 Å². The molecule has 40 heavy (non-hydrogen) atoms. The summed E-state index contributed by atoms with van der Waals surface area (Å²) >= 11 is 0. The molecule has 1 aliphatic heterocycles. The number of carbonyl (C=O) groups is 1. The number of aromatic nitrogens is 3. The topological polar surface area (TPSA) is 136 Å². The highest BCUT2D eigenvalue weighted by molar-refractivity contribution is 7.90. The lowest BCUT2D eigenvalue weighted by Crippen LogP contribution is -2.44. The van der Waals surface area contributed by atoms with Gasteiger partial charge in [0.25, 0.3) is 0 Å². The summed E-state index contributed by atoms with van der Waals surface area (Å²) < 4.78 is 58.1. The van der Waals surface area contributed by atoms with E-state index in [2.05, 4.69) is 41.6 Å². The summed E-state index contributed by atoms with van der Waals surface area (Å²) in [5.74, 6) is -2.67.